The van der Waals surface area contributed by atoms with Gasteiger partial charge < -0.3 is 5.32 Å². The number of carbonyl (C=O) groups is 1. The number of hydrogen-bond donors (Lipinski definition) is 1. The van der Waals surface area contributed by atoms with Crippen LogP contribution < -0.4 is 5.32 Å². The summed E-state index contributed by atoms with van der Waals surface area (Å²) in [6.07, 6.45) is 1.21. The van der Waals surface area contributed by atoms with E-state index in [1.807, 2.05) is 0 Å². The minimum atomic E-state index is -4.19. The maximum Gasteiger partial charge on any atom is 0.246 e. The third kappa shape index (κ3) is 4.61. The Labute approximate surface area is 183 Å². The Balaban J connectivity index is 1.41. The van der Waals surface area contributed by atoms with Gasteiger partial charge in [-0.3, -0.25) is 4.79 Å². The van der Waals surface area contributed by atoms with Crippen LogP contribution in [0.4, 0.5) is 13.2 Å². The molecule has 166 valence electrons. The van der Waals surface area contributed by atoms with Crippen molar-refractivity contribution >= 4 is 27.7 Å². The molecule has 2 aromatic carbocycles. The van der Waals surface area contributed by atoms with Gasteiger partial charge in [-0.15, -0.1) is 11.8 Å². The first-order chi connectivity index (χ1) is 14.8. The molecule has 2 aromatic rings. The minimum Gasteiger partial charge on any atom is -0.349 e. The molecule has 1 saturated heterocycles. The molecule has 0 bridgehead atoms. The summed E-state index contributed by atoms with van der Waals surface area (Å²) < 4.78 is 67.6. The van der Waals surface area contributed by atoms with E-state index in [1.165, 1.54) is 12.1 Å². The number of fused-ring (bicyclic) bond motifs is 1. The molecule has 0 aliphatic carbocycles. The monoisotopic (exact) mass is 470 g/mol. The Morgan fingerprint density at radius 2 is 1.68 bits per heavy atom. The van der Waals surface area contributed by atoms with Gasteiger partial charge in [-0.1, -0.05) is 0 Å². The highest BCUT2D eigenvalue weighted by atomic mass is 32.2. The molecule has 2 heterocycles. The largest absolute Gasteiger partial charge is 0.349 e. The zero-order chi connectivity index (χ0) is 22.2. The van der Waals surface area contributed by atoms with Crippen LogP contribution in [-0.4, -0.2) is 37.5 Å². The molecule has 0 spiro atoms. The van der Waals surface area contributed by atoms with Gasteiger partial charge in [0.2, 0.25) is 15.9 Å². The lowest BCUT2D eigenvalue weighted by atomic mass is 9.95. The molecular weight excluding hydrogens is 449 g/mol. The Bertz CT molecular complexity index is 1100. The normalized spacial score (nSPS) is 20.3. The van der Waals surface area contributed by atoms with Gasteiger partial charge in [0.05, 0.1) is 6.04 Å². The number of sulfonamides is 1. The Kier molecular flexibility index (Phi) is 6.32. The van der Waals surface area contributed by atoms with Crippen LogP contribution in [0.1, 0.15) is 30.9 Å². The third-order valence-corrected chi connectivity index (χ3v) is 8.70. The Morgan fingerprint density at radius 3 is 2.42 bits per heavy atom. The fraction of sp³-hybridized carbons (Fsp3) is 0.381. The second-order valence-electron chi connectivity index (χ2n) is 7.63. The summed E-state index contributed by atoms with van der Waals surface area (Å²) in [6, 6.07) is 6.57. The van der Waals surface area contributed by atoms with Crippen LogP contribution in [0.25, 0.3) is 0 Å². The molecule has 2 aliphatic rings. The number of carbonyl (C=O) groups excluding carboxylic acids is 1. The molecular formula is C21H21F3N2O3S2. The summed E-state index contributed by atoms with van der Waals surface area (Å²) in [5, 5.41) is 2.98. The molecule has 0 radical (unpaired) electrons. The fourth-order valence-corrected chi connectivity index (χ4v) is 6.63. The summed E-state index contributed by atoms with van der Waals surface area (Å²) in [5.74, 6) is -2.02. The summed E-state index contributed by atoms with van der Waals surface area (Å²) in [5.41, 5.74) is 0.756. The molecule has 1 N–H and O–H groups in total. The maximum absolute atomic E-state index is 14.0. The highest BCUT2D eigenvalue weighted by molar-refractivity contribution is 7.99. The van der Waals surface area contributed by atoms with Crippen molar-refractivity contribution in [1.82, 2.24) is 9.62 Å². The smallest absolute Gasteiger partial charge is 0.246 e. The Morgan fingerprint density at radius 1 is 1.00 bits per heavy atom. The fourth-order valence-electron chi connectivity index (χ4n) is 3.98. The van der Waals surface area contributed by atoms with E-state index >= 15 is 0 Å². The number of thioether (sulfide) groups is 1. The summed E-state index contributed by atoms with van der Waals surface area (Å²) in [4.78, 5) is 13.0. The molecule has 5 nitrogen and oxygen atoms in total. The van der Waals surface area contributed by atoms with E-state index in [4.69, 9.17) is 0 Å². The number of halogens is 3. The van der Waals surface area contributed by atoms with E-state index in [0.717, 1.165) is 32.6 Å². The molecule has 1 atom stereocenters. The molecule has 1 fully saturated rings. The molecule has 1 unspecified atom stereocenters. The van der Waals surface area contributed by atoms with Crippen molar-refractivity contribution in [3.63, 3.8) is 0 Å². The van der Waals surface area contributed by atoms with Crippen molar-refractivity contribution in [3.8, 4) is 0 Å². The number of rotatable bonds is 4. The first-order valence-electron chi connectivity index (χ1n) is 9.93. The second-order valence-corrected chi connectivity index (χ2v) is 10.7. The van der Waals surface area contributed by atoms with Crippen LogP contribution >= 0.6 is 11.8 Å². The van der Waals surface area contributed by atoms with Gasteiger partial charge in [0, 0.05) is 29.7 Å². The van der Waals surface area contributed by atoms with E-state index in [-0.39, 0.29) is 43.7 Å². The SMILES string of the molecule is O=C(NC1CCSc2ccc(F)cc21)C1CCN(S(=O)(=O)c2cc(F)ccc2F)CC1. The van der Waals surface area contributed by atoms with Crippen LogP contribution in [-0.2, 0) is 14.8 Å². The average molecular weight is 471 g/mol. The summed E-state index contributed by atoms with van der Waals surface area (Å²) in [7, 11) is -4.19. The summed E-state index contributed by atoms with van der Waals surface area (Å²) >= 11 is 1.62. The van der Waals surface area contributed by atoms with E-state index in [1.54, 1.807) is 17.8 Å². The summed E-state index contributed by atoms with van der Waals surface area (Å²) in [6.45, 7) is 0.0597. The van der Waals surface area contributed by atoms with Gasteiger partial charge in [-0.25, -0.2) is 21.6 Å². The van der Waals surface area contributed by atoms with Crippen molar-refractivity contribution in [1.29, 1.82) is 0 Å². The third-order valence-electron chi connectivity index (χ3n) is 5.66. The first kappa shape index (κ1) is 22.2. The van der Waals surface area contributed by atoms with Gasteiger partial charge in [0.15, 0.2) is 0 Å². The second kappa shape index (κ2) is 8.84. The van der Waals surface area contributed by atoms with E-state index in [9.17, 15) is 26.4 Å². The lowest BCUT2D eigenvalue weighted by molar-refractivity contribution is -0.127. The minimum absolute atomic E-state index is 0.0299. The number of nitrogens with zero attached hydrogens (tertiary/aromatic N) is 1. The van der Waals surface area contributed by atoms with Crippen molar-refractivity contribution < 1.29 is 26.4 Å². The lowest BCUT2D eigenvalue weighted by Gasteiger charge is -2.32. The van der Waals surface area contributed by atoms with Gasteiger partial charge in [0.1, 0.15) is 22.3 Å². The van der Waals surface area contributed by atoms with Crippen LogP contribution in [0.3, 0.4) is 0 Å². The quantitative estimate of drug-likeness (QED) is 0.737. The molecule has 31 heavy (non-hydrogen) atoms. The predicted octanol–water partition coefficient (Wildman–Crippen LogP) is 3.86. The van der Waals surface area contributed by atoms with Crippen molar-refractivity contribution in [3.05, 3.63) is 59.4 Å². The predicted molar refractivity (Wildman–Crippen MR) is 110 cm³/mol. The average Bonchev–Trinajstić information content (AvgIpc) is 2.76. The number of piperidine rings is 1. The van der Waals surface area contributed by atoms with E-state index < -0.39 is 32.5 Å². The number of hydrogen-bond acceptors (Lipinski definition) is 4. The maximum atomic E-state index is 14.0. The zero-order valence-corrected chi connectivity index (χ0v) is 18.1. The molecule has 0 saturated carbocycles. The molecule has 1 amide bonds. The molecule has 0 aromatic heterocycles. The number of benzene rings is 2. The van der Waals surface area contributed by atoms with E-state index in [2.05, 4.69) is 5.32 Å². The molecule has 10 heteroatoms. The zero-order valence-electron chi connectivity index (χ0n) is 16.5. The van der Waals surface area contributed by atoms with E-state index in [0.29, 0.717) is 12.5 Å². The standard InChI is InChI=1S/C21H21F3N2O3S2/c22-14-2-4-19-16(11-14)18(7-10-30-19)25-21(27)13-5-8-26(9-6-13)31(28,29)20-12-15(23)1-3-17(20)24/h1-4,11-13,18H,5-10H2,(H,25,27). The van der Waals surface area contributed by atoms with Crippen LogP contribution in [0.15, 0.2) is 46.2 Å². The Hall–Kier alpha value is -2.04. The van der Waals surface area contributed by atoms with Crippen LogP contribution in [0, 0.1) is 23.4 Å². The van der Waals surface area contributed by atoms with Gasteiger partial charge >= 0.3 is 0 Å². The van der Waals surface area contributed by atoms with Crippen molar-refractivity contribution in [2.75, 3.05) is 18.8 Å². The highest BCUT2D eigenvalue weighted by Gasteiger charge is 2.35. The topological polar surface area (TPSA) is 66.5 Å². The highest BCUT2D eigenvalue weighted by Crippen LogP contribution is 2.37. The van der Waals surface area contributed by atoms with Gasteiger partial charge in [-0.05, 0) is 61.2 Å². The lowest BCUT2D eigenvalue weighted by Crippen LogP contribution is -2.44. The first-order valence-corrected chi connectivity index (χ1v) is 12.4. The molecule has 4 rings (SSSR count). The van der Waals surface area contributed by atoms with Crippen LogP contribution in [0.2, 0.25) is 0 Å². The number of amides is 1. The molecule has 2 aliphatic heterocycles. The van der Waals surface area contributed by atoms with Crippen molar-refractivity contribution in [2.24, 2.45) is 5.92 Å². The van der Waals surface area contributed by atoms with Crippen molar-refractivity contribution in [2.45, 2.75) is 35.1 Å². The van der Waals surface area contributed by atoms with Crippen LogP contribution in [0.5, 0.6) is 0 Å². The van der Waals surface area contributed by atoms with Gasteiger partial charge in [-0.2, -0.15) is 4.31 Å². The number of nitrogens with one attached hydrogen (secondary N) is 1. The van der Waals surface area contributed by atoms with Gasteiger partial charge in [0.25, 0.3) is 0 Å².